The summed E-state index contributed by atoms with van der Waals surface area (Å²) in [7, 11) is 0. The maximum Gasteiger partial charge on any atom is 0.344 e. The quantitative estimate of drug-likeness (QED) is 0.654. The van der Waals surface area contributed by atoms with Crippen LogP contribution in [0.5, 0.6) is 5.75 Å². The van der Waals surface area contributed by atoms with E-state index in [9.17, 15) is 9.59 Å². The van der Waals surface area contributed by atoms with Crippen LogP contribution in [0.25, 0.3) is 0 Å². The minimum atomic E-state index is -1.01. The molecule has 2 aromatic carbocycles. The molecule has 5 heteroatoms. The van der Waals surface area contributed by atoms with Crippen molar-refractivity contribution in [3.8, 4) is 5.75 Å². The molecule has 0 spiro atoms. The van der Waals surface area contributed by atoms with Gasteiger partial charge in [-0.2, -0.15) is 0 Å². The molecule has 0 amide bonds. The molecule has 0 heterocycles. The number of hydrogen-bond acceptors (Lipinski definition) is 4. The molecule has 0 fully saturated rings. The van der Waals surface area contributed by atoms with Gasteiger partial charge < -0.3 is 9.84 Å². The van der Waals surface area contributed by atoms with E-state index in [0.29, 0.717) is 17.0 Å². The van der Waals surface area contributed by atoms with Gasteiger partial charge in [0.05, 0.1) is 5.69 Å². The van der Waals surface area contributed by atoms with Crippen molar-refractivity contribution in [2.75, 3.05) is 0 Å². The van der Waals surface area contributed by atoms with Crippen LogP contribution in [0.4, 0.5) is 5.69 Å². The minimum Gasteiger partial charge on any atom is -0.479 e. The zero-order chi connectivity index (χ0) is 16.8. The summed E-state index contributed by atoms with van der Waals surface area (Å²) in [6.45, 7) is 2.99. The summed E-state index contributed by atoms with van der Waals surface area (Å²) in [6, 6.07) is 14.0. The van der Waals surface area contributed by atoms with Crippen molar-refractivity contribution >= 4 is 23.7 Å². The first-order valence-electron chi connectivity index (χ1n) is 7.10. The SMILES string of the molecule is CC(=O)c1cccc(N=Cc2ccc(O[C@@H](C)C(=O)O)cc2)c1. The number of nitrogens with zero attached hydrogens (tertiary/aromatic N) is 1. The number of carboxylic acid groups (broad SMARTS) is 1. The van der Waals surface area contributed by atoms with E-state index in [1.807, 2.05) is 6.07 Å². The maximum atomic E-state index is 11.3. The predicted octanol–water partition coefficient (Wildman–Crippen LogP) is 3.49. The second-order valence-corrected chi connectivity index (χ2v) is 5.03. The van der Waals surface area contributed by atoms with Crippen LogP contribution in [0, 0.1) is 0 Å². The molecule has 1 N–H and O–H groups in total. The maximum absolute atomic E-state index is 11.3. The summed E-state index contributed by atoms with van der Waals surface area (Å²) in [6.07, 6.45) is 0.771. The molecule has 5 nitrogen and oxygen atoms in total. The predicted molar refractivity (Wildman–Crippen MR) is 87.9 cm³/mol. The first-order valence-corrected chi connectivity index (χ1v) is 7.10. The number of benzene rings is 2. The second kappa shape index (κ2) is 7.35. The van der Waals surface area contributed by atoms with Crippen molar-refractivity contribution in [1.29, 1.82) is 0 Å². The largest absolute Gasteiger partial charge is 0.479 e. The van der Waals surface area contributed by atoms with Crippen LogP contribution in [0.1, 0.15) is 29.8 Å². The van der Waals surface area contributed by atoms with E-state index in [1.54, 1.807) is 48.7 Å². The van der Waals surface area contributed by atoms with E-state index >= 15 is 0 Å². The highest BCUT2D eigenvalue weighted by Gasteiger charge is 2.11. The molecule has 2 aromatic rings. The van der Waals surface area contributed by atoms with Crippen LogP contribution in [-0.4, -0.2) is 29.2 Å². The van der Waals surface area contributed by atoms with E-state index in [0.717, 1.165) is 5.56 Å². The van der Waals surface area contributed by atoms with Gasteiger partial charge in [-0.25, -0.2) is 4.79 Å². The summed E-state index contributed by atoms with van der Waals surface area (Å²) in [5.74, 6) is -0.535. The first-order chi connectivity index (χ1) is 11.0. The Morgan fingerprint density at radius 2 is 1.87 bits per heavy atom. The Hall–Kier alpha value is -2.95. The van der Waals surface area contributed by atoms with E-state index < -0.39 is 12.1 Å². The molecule has 0 radical (unpaired) electrons. The minimum absolute atomic E-state index is 0.00361. The second-order valence-electron chi connectivity index (χ2n) is 5.03. The summed E-state index contributed by atoms with van der Waals surface area (Å²) >= 11 is 0. The molecule has 23 heavy (non-hydrogen) atoms. The van der Waals surface area contributed by atoms with E-state index in [1.165, 1.54) is 13.8 Å². The standard InChI is InChI=1S/C18H17NO4/c1-12(20)15-4-3-5-16(10-15)19-11-14-6-8-17(9-7-14)23-13(2)18(21)22/h3-11,13H,1-2H3,(H,21,22)/t13-/m0/s1. The summed E-state index contributed by atoms with van der Waals surface area (Å²) in [4.78, 5) is 26.4. The Bertz CT molecular complexity index is 735. The lowest BCUT2D eigenvalue weighted by molar-refractivity contribution is -0.144. The Morgan fingerprint density at radius 1 is 1.17 bits per heavy atom. The molecule has 0 bridgehead atoms. The first kappa shape index (κ1) is 16.4. The molecular formula is C18H17NO4. The third-order valence-corrected chi connectivity index (χ3v) is 3.16. The van der Waals surface area contributed by atoms with Crippen molar-refractivity contribution in [3.05, 3.63) is 59.7 Å². The van der Waals surface area contributed by atoms with Crippen LogP contribution >= 0.6 is 0 Å². The number of ether oxygens (including phenoxy) is 1. The van der Waals surface area contributed by atoms with E-state index in [4.69, 9.17) is 9.84 Å². The van der Waals surface area contributed by atoms with Gasteiger partial charge >= 0.3 is 5.97 Å². The Balaban J connectivity index is 2.07. The highest BCUT2D eigenvalue weighted by atomic mass is 16.5. The topological polar surface area (TPSA) is 76.0 Å². The van der Waals surface area contributed by atoms with Gasteiger partial charge in [-0.1, -0.05) is 12.1 Å². The monoisotopic (exact) mass is 311 g/mol. The fourth-order valence-corrected chi connectivity index (χ4v) is 1.84. The van der Waals surface area contributed by atoms with Gasteiger partial charge in [-0.3, -0.25) is 9.79 Å². The normalized spacial score (nSPS) is 12.1. The molecule has 0 saturated heterocycles. The van der Waals surface area contributed by atoms with Gasteiger partial charge in [0.15, 0.2) is 11.9 Å². The van der Waals surface area contributed by atoms with E-state index in [-0.39, 0.29) is 5.78 Å². The number of Topliss-reactive ketones (excluding diaryl/α,β-unsaturated/α-hetero) is 1. The number of carbonyl (C=O) groups is 2. The molecule has 0 aliphatic heterocycles. The Kier molecular flexibility index (Phi) is 5.25. The molecule has 0 unspecified atom stereocenters. The zero-order valence-electron chi connectivity index (χ0n) is 12.9. The number of aliphatic carboxylic acids is 1. The zero-order valence-corrected chi connectivity index (χ0v) is 12.9. The molecule has 0 aromatic heterocycles. The number of hydrogen-bond donors (Lipinski definition) is 1. The van der Waals surface area contributed by atoms with Crippen LogP contribution in [0.3, 0.4) is 0 Å². The molecule has 0 aliphatic carbocycles. The fourth-order valence-electron chi connectivity index (χ4n) is 1.84. The molecular weight excluding hydrogens is 294 g/mol. The number of aliphatic imine (C=N–C) groups is 1. The fraction of sp³-hybridized carbons (Fsp3) is 0.167. The lowest BCUT2D eigenvalue weighted by Gasteiger charge is -2.09. The van der Waals surface area contributed by atoms with Gasteiger partial charge in [0, 0.05) is 11.8 Å². The number of carboxylic acids is 1. The summed E-state index contributed by atoms with van der Waals surface area (Å²) < 4.78 is 5.25. The van der Waals surface area contributed by atoms with Crippen LogP contribution in [0.15, 0.2) is 53.5 Å². The summed E-state index contributed by atoms with van der Waals surface area (Å²) in [5, 5.41) is 8.80. The molecule has 2 rings (SSSR count). The lowest BCUT2D eigenvalue weighted by Crippen LogP contribution is -2.22. The van der Waals surface area contributed by atoms with Gasteiger partial charge in [0.25, 0.3) is 0 Å². The van der Waals surface area contributed by atoms with Gasteiger partial charge in [0.1, 0.15) is 5.75 Å². The molecule has 1 atom stereocenters. The van der Waals surface area contributed by atoms with Gasteiger partial charge in [0.2, 0.25) is 0 Å². The summed E-state index contributed by atoms with van der Waals surface area (Å²) in [5.41, 5.74) is 2.15. The Labute approximate surface area is 134 Å². The molecule has 0 saturated carbocycles. The van der Waals surface area contributed by atoms with Crippen molar-refractivity contribution < 1.29 is 19.4 Å². The third-order valence-electron chi connectivity index (χ3n) is 3.16. The highest BCUT2D eigenvalue weighted by Crippen LogP contribution is 2.16. The molecule has 0 aliphatic rings. The van der Waals surface area contributed by atoms with Crippen molar-refractivity contribution in [2.24, 2.45) is 4.99 Å². The van der Waals surface area contributed by atoms with Crippen LogP contribution in [0.2, 0.25) is 0 Å². The van der Waals surface area contributed by atoms with Gasteiger partial charge in [-0.05, 0) is 55.8 Å². The molecule has 118 valence electrons. The van der Waals surface area contributed by atoms with E-state index in [2.05, 4.69) is 4.99 Å². The Morgan fingerprint density at radius 3 is 2.48 bits per heavy atom. The average molecular weight is 311 g/mol. The number of carbonyl (C=O) groups excluding carboxylic acids is 1. The van der Waals surface area contributed by atoms with Crippen molar-refractivity contribution in [2.45, 2.75) is 20.0 Å². The van der Waals surface area contributed by atoms with Crippen LogP contribution < -0.4 is 4.74 Å². The number of ketones is 1. The van der Waals surface area contributed by atoms with Crippen molar-refractivity contribution in [3.63, 3.8) is 0 Å². The van der Waals surface area contributed by atoms with Crippen LogP contribution in [-0.2, 0) is 4.79 Å². The van der Waals surface area contributed by atoms with Crippen molar-refractivity contribution in [1.82, 2.24) is 0 Å². The number of rotatable bonds is 6. The van der Waals surface area contributed by atoms with Gasteiger partial charge in [-0.15, -0.1) is 0 Å². The lowest BCUT2D eigenvalue weighted by atomic mass is 10.1. The highest BCUT2D eigenvalue weighted by molar-refractivity contribution is 5.95. The third kappa shape index (κ3) is 4.78. The smallest absolute Gasteiger partial charge is 0.344 e. The average Bonchev–Trinajstić information content (AvgIpc) is 2.54.